The summed E-state index contributed by atoms with van der Waals surface area (Å²) in [5, 5.41) is 11.5. The van der Waals surface area contributed by atoms with Crippen molar-refractivity contribution in [3.63, 3.8) is 0 Å². The third-order valence-electron chi connectivity index (χ3n) is 4.00. The van der Waals surface area contributed by atoms with Crippen molar-refractivity contribution in [3.8, 4) is 5.69 Å². The van der Waals surface area contributed by atoms with Crippen LogP contribution in [0.1, 0.15) is 37.6 Å². The molecule has 1 heterocycles. The number of hydrogen-bond acceptors (Lipinski definition) is 1. The predicted octanol–water partition coefficient (Wildman–Crippen LogP) is 5.55. The molecule has 1 aliphatic carbocycles. The van der Waals surface area contributed by atoms with Gasteiger partial charge in [-0.05, 0) is 36.5 Å². The fourth-order valence-corrected chi connectivity index (χ4v) is 4.49. The van der Waals surface area contributed by atoms with Crippen molar-refractivity contribution < 1.29 is 5.11 Å². The van der Waals surface area contributed by atoms with Crippen molar-refractivity contribution in [1.29, 1.82) is 0 Å². The first-order valence-corrected chi connectivity index (χ1v) is 8.36. The van der Waals surface area contributed by atoms with Crippen molar-refractivity contribution in [3.05, 3.63) is 50.2 Å². The number of fused-ring (bicyclic) bond motifs is 1. The van der Waals surface area contributed by atoms with Crippen LogP contribution in [0.15, 0.2) is 28.9 Å². The zero-order valence-electron chi connectivity index (χ0n) is 11.8. The average molecular weight is 389 g/mol. The first-order valence-electron chi connectivity index (χ1n) is 6.81. The van der Waals surface area contributed by atoms with Crippen molar-refractivity contribution in [2.75, 3.05) is 0 Å². The smallest absolute Gasteiger partial charge is 0.0828 e. The van der Waals surface area contributed by atoms with E-state index in [4.69, 9.17) is 23.2 Å². The maximum Gasteiger partial charge on any atom is 0.0828 e. The molecular weight excluding hydrogens is 373 g/mol. The van der Waals surface area contributed by atoms with Gasteiger partial charge in [-0.1, -0.05) is 53.0 Å². The molecule has 2 aromatic rings. The molecule has 0 radical (unpaired) electrons. The lowest BCUT2D eigenvalue weighted by atomic mass is 9.75. The summed E-state index contributed by atoms with van der Waals surface area (Å²) >= 11 is 16.2. The number of aliphatic hydroxyl groups excluding tert-OH is 1. The quantitative estimate of drug-likeness (QED) is 0.680. The zero-order valence-corrected chi connectivity index (χ0v) is 14.9. The van der Waals surface area contributed by atoms with Crippen molar-refractivity contribution in [1.82, 2.24) is 4.57 Å². The van der Waals surface area contributed by atoms with Gasteiger partial charge in [0.15, 0.2) is 0 Å². The van der Waals surface area contributed by atoms with Gasteiger partial charge in [0, 0.05) is 21.9 Å². The number of hydrogen-bond donors (Lipinski definition) is 1. The second-order valence-corrected chi connectivity index (χ2v) is 8.10. The molecule has 112 valence electrons. The van der Waals surface area contributed by atoms with Crippen molar-refractivity contribution in [2.45, 2.75) is 32.8 Å². The monoisotopic (exact) mass is 387 g/mol. The molecule has 1 unspecified atom stereocenters. The van der Waals surface area contributed by atoms with E-state index in [0.29, 0.717) is 10.0 Å². The van der Waals surface area contributed by atoms with Crippen LogP contribution in [-0.2, 0) is 6.42 Å². The van der Waals surface area contributed by atoms with E-state index in [2.05, 4.69) is 29.8 Å². The molecular formula is C16H16BrCl2NO. The molecule has 1 aromatic heterocycles. The molecule has 0 saturated carbocycles. The van der Waals surface area contributed by atoms with Crippen LogP contribution in [0.2, 0.25) is 10.0 Å². The fourth-order valence-electron chi connectivity index (χ4n) is 3.10. The Bertz CT molecular complexity index is 685. The van der Waals surface area contributed by atoms with Crippen LogP contribution in [0, 0.1) is 5.41 Å². The Kier molecular flexibility index (Phi) is 3.90. The summed E-state index contributed by atoms with van der Waals surface area (Å²) in [6.07, 6.45) is 3.16. The highest BCUT2D eigenvalue weighted by Crippen LogP contribution is 2.43. The molecule has 1 aromatic carbocycles. The van der Waals surface area contributed by atoms with Gasteiger partial charge in [-0.2, -0.15) is 0 Å². The number of rotatable bonds is 1. The minimum Gasteiger partial charge on any atom is -0.388 e. The lowest BCUT2D eigenvalue weighted by Crippen LogP contribution is -2.26. The normalized spacial score (nSPS) is 20.4. The van der Waals surface area contributed by atoms with Crippen LogP contribution in [0.4, 0.5) is 0 Å². The SMILES string of the molecule is CC1(C)Cc2c(ccn2-c2c(Cl)cc(Br)cc2Cl)C(O)C1. The predicted molar refractivity (Wildman–Crippen MR) is 90.6 cm³/mol. The lowest BCUT2D eigenvalue weighted by Gasteiger charge is -2.34. The van der Waals surface area contributed by atoms with Gasteiger partial charge in [-0.25, -0.2) is 0 Å². The van der Waals surface area contributed by atoms with Crippen LogP contribution in [0.5, 0.6) is 0 Å². The summed E-state index contributed by atoms with van der Waals surface area (Å²) < 4.78 is 2.86. The molecule has 0 bridgehead atoms. The number of aliphatic hydroxyl groups is 1. The van der Waals surface area contributed by atoms with Gasteiger partial charge in [0.05, 0.1) is 21.8 Å². The first-order chi connectivity index (χ1) is 9.78. The van der Waals surface area contributed by atoms with Gasteiger partial charge in [-0.3, -0.25) is 0 Å². The molecule has 0 amide bonds. The zero-order chi connectivity index (χ0) is 15.4. The fraction of sp³-hybridized carbons (Fsp3) is 0.375. The summed E-state index contributed by atoms with van der Waals surface area (Å²) in [6, 6.07) is 5.63. The topological polar surface area (TPSA) is 25.2 Å². The van der Waals surface area contributed by atoms with Gasteiger partial charge in [0.1, 0.15) is 0 Å². The maximum atomic E-state index is 10.4. The number of aromatic nitrogens is 1. The maximum absolute atomic E-state index is 10.4. The van der Waals surface area contributed by atoms with Gasteiger partial charge in [0.2, 0.25) is 0 Å². The molecule has 0 saturated heterocycles. The Labute approximate surface area is 142 Å². The lowest BCUT2D eigenvalue weighted by molar-refractivity contribution is 0.0987. The highest BCUT2D eigenvalue weighted by Gasteiger charge is 2.33. The summed E-state index contributed by atoms with van der Waals surface area (Å²) in [4.78, 5) is 0. The second-order valence-electron chi connectivity index (χ2n) is 6.37. The minimum absolute atomic E-state index is 0.0524. The first kappa shape index (κ1) is 15.4. The Morgan fingerprint density at radius 1 is 1.29 bits per heavy atom. The van der Waals surface area contributed by atoms with E-state index in [0.717, 1.165) is 34.3 Å². The molecule has 0 aliphatic heterocycles. The highest BCUT2D eigenvalue weighted by molar-refractivity contribution is 9.10. The van der Waals surface area contributed by atoms with E-state index >= 15 is 0 Å². The van der Waals surface area contributed by atoms with Crippen LogP contribution in [0.25, 0.3) is 5.69 Å². The molecule has 1 aliphatic rings. The molecule has 3 rings (SSSR count). The van der Waals surface area contributed by atoms with E-state index < -0.39 is 6.10 Å². The Hall–Kier alpha value is -0.480. The van der Waals surface area contributed by atoms with Crippen LogP contribution in [0.3, 0.4) is 0 Å². The van der Waals surface area contributed by atoms with E-state index in [1.165, 1.54) is 0 Å². The number of benzene rings is 1. The summed E-state index contributed by atoms with van der Waals surface area (Å²) in [7, 11) is 0. The van der Waals surface area contributed by atoms with Gasteiger partial charge < -0.3 is 9.67 Å². The molecule has 1 atom stereocenters. The molecule has 2 nitrogen and oxygen atoms in total. The molecule has 0 fully saturated rings. The second kappa shape index (κ2) is 5.31. The van der Waals surface area contributed by atoms with E-state index in [1.807, 2.05) is 29.0 Å². The molecule has 21 heavy (non-hydrogen) atoms. The third-order valence-corrected chi connectivity index (χ3v) is 5.03. The Balaban J connectivity index is 2.19. The van der Waals surface area contributed by atoms with E-state index in [9.17, 15) is 5.11 Å². The minimum atomic E-state index is -0.432. The average Bonchev–Trinajstić information content (AvgIpc) is 2.70. The van der Waals surface area contributed by atoms with Gasteiger partial charge in [0.25, 0.3) is 0 Å². The van der Waals surface area contributed by atoms with Crippen LogP contribution in [-0.4, -0.2) is 9.67 Å². The summed E-state index contributed by atoms with van der Waals surface area (Å²) in [6.45, 7) is 4.34. The standard InChI is InChI=1S/C16H16BrCl2NO/c1-16(2)7-13-10(14(21)8-16)3-4-20(13)15-11(18)5-9(17)6-12(15)19/h3-6,14,21H,7-8H2,1-2H3. The van der Waals surface area contributed by atoms with Gasteiger partial charge >= 0.3 is 0 Å². The molecule has 5 heteroatoms. The van der Waals surface area contributed by atoms with E-state index in [-0.39, 0.29) is 5.41 Å². The largest absolute Gasteiger partial charge is 0.388 e. The van der Waals surface area contributed by atoms with Crippen LogP contribution < -0.4 is 0 Å². The Morgan fingerprint density at radius 3 is 2.52 bits per heavy atom. The number of halogens is 3. The Morgan fingerprint density at radius 2 is 1.90 bits per heavy atom. The molecule has 1 N–H and O–H groups in total. The third kappa shape index (κ3) is 2.77. The van der Waals surface area contributed by atoms with Crippen molar-refractivity contribution in [2.24, 2.45) is 5.41 Å². The van der Waals surface area contributed by atoms with Crippen LogP contribution >= 0.6 is 39.1 Å². The van der Waals surface area contributed by atoms with E-state index in [1.54, 1.807) is 0 Å². The summed E-state index contributed by atoms with van der Waals surface area (Å²) in [5.41, 5.74) is 2.89. The summed E-state index contributed by atoms with van der Waals surface area (Å²) in [5.74, 6) is 0. The molecule has 0 spiro atoms. The number of nitrogens with zero attached hydrogens (tertiary/aromatic N) is 1. The van der Waals surface area contributed by atoms with Gasteiger partial charge in [-0.15, -0.1) is 0 Å². The van der Waals surface area contributed by atoms with Crippen molar-refractivity contribution >= 4 is 39.1 Å². The highest BCUT2D eigenvalue weighted by atomic mass is 79.9.